The Balaban J connectivity index is 2.10. The molecule has 1 rings (SSSR count). The normalized spacial score (nSPS) is 21.7. The van der Waals surface area contributed by atoms with Crippen molar-refractivity contribution in [1.82, 2.24) is 15.3 Å². The Bertz CT molecular complexity index is 212. The number of piperazine rings is 1. The largest absolute Gasteiger partial charge is 0.389 e. The first kappa shape index (κ1) is 14.7. The van der Waals surface area contributed by atoms with Crippen molar-refractivity contribution < 1.29 is 13.2 Å². The van der Waals surface area contributed by atoms with Crippen molar-refractivity contribution in [2.75, 3.05) is 33.2 Å². The monoisotopic (exact) mass is 253 g/mol. The van der Waals surface area contributed by atoms with Crippen LogP contribution >= 0.6 is 0 Å². The lowest BCUT2D eigenvalue weighted by Gasteiger charge is -2.34. The number of hydrogen-bond acceptors (Lipinski definition) is 3. The van der Waals surface area contributed by atoms with Gasteiger partial charge in [-0.2, -0.15) is 13.2 Å². The van der Waals surface area contributed by atoms with E-state index in [1.54, 1.807) is 0 Å². The summed E-state index contributed by atoms with van der Waals surface area (Å²) in [7, 11) is 2.07. The lowest BCUT2D eigenvalue weighted by atomic mass is 10.1. The van der Waals surface area contributed by atoms with Crippen LogP contribution in [0.4, 0.5) is 13.2 Å². The van der Waals surface area contributed by atoms with E-state index in [0.29, 0.717) is 6.42 Å². The zero-order chi connectivity index (χ0) is 12.9. The number of halogens is 3. The summed E-state index contributed by atoms with van der Waals surface area (Å²) in [6.07, 6.45) is -3.94. The maximum absolute atomic E-state index is 12.0. The van der Waals surface area contributed by atoms with Gasteiger partial charge in [0.1, 0.15) is 0 Å². The first-order valence-electron chi connectivity index (χ1n) is 6.13. The Morgan fingerprint density at radius 2 is 1.76 bits per heavy atom. The molecule has 0 amide bonds. The summed E-state index contributed by atoms with van der Waals surface area (Å²) in [5.74, 6) is 0. The zero-order valence-corrected chi connectivity index (χ0v) is 10.6. The van der Waals surface area contributed by atoms with Crippen LogP contribution in [-0.2, 0) is 0 Å². The van der Waals surface area contributed by atoms with E-state index in [2.05, 4.69) is 22.4 Å². The molecule has 1 saturated heterocycles. The van der Waals surface area contributed by atoms with Crippen molar-refractivity contribution in [3.63, 3.8) is 0 Å². The van der Waals surface area contributed by atoms with Gasteiger partial charge in [-0.1, -0.05) is 0 Å². The Labute approximate surface area is 101 Å². The van der Waals surface area contributed by atoms with E-state index in [1.807, 2.05) is 6.92 Å². The van der Waals surface area contributed by atoms with Crippen molar-refractivity contribution >= 4 is 0 Å². The maximum atomic E-state index is 12.0. The van der Waals surface area contributed by atoms with Gasteiger partial charge in [0.25, 0.3) is 0 Å². The van der Waals surface area contributed by atoms with Crippen LogP contribution in [0.1, 0.15) is 26.2 Å². The Morgan fingerprint density at radius 1 is 1.18 bits per heavy atom. The number of hydrogen-bond donors (Lipinski definition) is 1. The van der Waals surface area contributed by atoms with Crippen LogP contribution in [0.5, 0.6) is 0 Å². The predicted molar refractivity (Wildman–Crippen MR) is 61.6 cm³/mol. The highest BCUT2D eigenvalue weighted by Gasteiger charge is 2.26. The van der Waals surface area contributed by atoms with Gasteiger partial charge in [0.05, 0.1) is 0 Å². The fraction of sp³-hybridized carbons (Fsp3) is 1.00. The predicted octanol–water partition coefficient (Wildman–Crippen LogP) is 1.86. The molecule has 0 aromatic rings. The van der Waals surface area contributed by atoms with Gasteiger partial charge in [-0.05, 0) is 26.8 Å². The molecular weight excluding hydrogens is 231 g/mol. The van der Waals surface area contributed by atoms with Crippen LogP contribution in [0.25, 0.3) is 0 Å². The Kier molecular flexibility index (Phi) is 5.69. The van der Waals surface area contributed by atoms with Crippen LogP contribution < -0.4 is 5.43 Å². The van der Waals surface area contributed by atoms with E-state index in [0.717, 1.165) is 26.2 Å². The van der Waals surface area contributed by atoms with Crippen molar-refractivity contribution in [2.45, 2.75) is 38.4 Å². The van der Waals surface area contributed by atoms with Crippen LogP contribution in [0.3, 0.4) is 0 Å². The van der Waals surface area contributed by atoms with E-state index >= 15 is 0 Å². The second-order valence-corrected chi connectivity index (χ2v) is 4.83. The van der Waals surface area contributed by atoms with Gasteiger partial charge in [0.15, 0.2) is 0 Å². The third-order valence-corrected chi connectivity index (χ3v) is 3.00. The fourth-order valence-electron chi connectivity index (χ4n) is 1.92. The summed E-state index contributed by atoms with van der Waals surface area (Å²) in [6, 6.07) is 0.112. The summed E-state index contributed by atoms with van der Waals surface area (Å²) in [5, 5.41) is 2.11. The molecule has 0 radical (unpaired) electrons. The average molecular weight is 253 g/mol. The fourth-order valence-corrected chi connectivity index (χ4v) is 1.92. The summed E-state index contributed by atoms with van der Waals surface area (Å²) >= 11 is 0. The van der Waals surface area contributed by atoms with Gasteiger partial charge in [0, 0.05) is 38.6 Å². The van der Waals surface area contributed by atoms with Crippen LogP contribution in [0, 0.1) is 0 Å². The molecule has 1 unspecified atom stereocenters. The van der Waals surface area contributed by atoms with Crippen LogP contribution in [-0.4, -0.2) is 55.4 Å². The van der Waals surface area contributed by atoms with Crippen molar-refractivity contribution in [2.24, 2.45) is 0 Å². The molecule has 1 fully saturated rings. The van der Waals surface area contributed by atoms with Gasteiger partial charge >= 0.3 is 6.18 Å². The molecule has 0 bridgehead atoms. The molecule has 0 aromatic carbocycles. The summed E-state index contributed by atoms with van der Waals surface area (Å²) in [6.45, 7) is 5.81. The van der Waals surface area contributed by atoms with E-state index in [-0.39, 0.29) is 12.5 Å². The molecule has 0 spiro atoms. The smallest absolute Gasteiger partial charge is 0.304 e. The van der Waals surface area contributed by atoms with Crippen molar-refractivity contribution in [1.29, 1.82) is 0 Å². The minimum Gasteiger partial charge on any atom is -0.304 e. The summed E-state index contributed by atoms with van der Waals surface area (Å²) < 4.78 is 35.9. The number of likely N-dealkylation sites (N-methyl/N-ethyl adjacent to an activating group) is 1. The molecule has 1 aliphatic heterocycles. The molecule has 3 nitrogen and oxygen atoms in total. The third kappa shape index (κ3) is 6.85. The molecule has 0 aliphatic carbocycles. The molecule has 1 N–H and O–H groups in total. The van der Waals surface area contributed by atoms with Gasteiger partial charge in [-0.15, -0.1) is 0 Å². The second-order valence-electron chi connectivity index (χ2n) is 4.83. The molecule has 17 heavy (non-hydrogen) atoms. The Hall–Kier alpha value is -0.330. The van der Waals surface area contributed by atoms with E-state index in [4.69, 9.17) is 0 Å². The quantitative estimate of drug-likeness (QED) is 0.807. The highest BCUT2D eigenvalue weighted by atomic mass is 19.4. The molecular formula is C11H22F3N3. The van der Waals surface area contributed by atoms with E-state index in [1.165, 1.54) is 0 Å². The highest BCUT2D eigenvalue weighted by Crippen LogP contribution is 2.22. The topological polar surface area (TPSA) is 18.5 Å². The van der Waals surface area contributed by atoms with Gasteiger partial charge < -0.3 is 4.90 Å². The zero-order valence-electron chi connectivity index (χ0n) is 10.6. The van der Waals surface area contributed by atoms with E-state index < -0.39 is 12.6 Å². The molecule has 0 aromatic heterocycles. The molecule has 0 saturated carbocycles. The van der Waals surface area contributed by atoms with Gasteiger partial charge in [-0.3, -0.25) is 5.43 Å². The number of alkyl halides is 3. The first-order valence-corrected chi connectivity index (χ1v) is 6.13. The Morgan fingerprint density at radius 3 is 2.29 bits per heavy atom. The summed E-state index contributed by atoms with van der Waals surface area (Å²) in [5.41, 5.74) is 3.26. The number of rotatable bonds is 5. The average Bonchev–Trinajstić information content (AvgIpc) is 2.19. The SMILES string of the molecule is CC(CCCC(F)(F)F)NN1CCN(C)CC1. The minimum atomic E-state index is -4.02. The molecule has 1 heterocycles. The molecule has 102 valence electrons. The molecule has 6 heteroatoms. The first-order chi connectivity index (χ1) is 7.87. The number of nitrogens with zero attached hydrogens (tertiary/aromatic N) is 2. The maximum Gasteiger partial charge on any atom is 0.389 e. The third-order valence-electron chi connectivity index (χ3n) is 3.00. The lowest BCUT2D eigenvalue weighted by Crippen LogP contribution is -2.53. The van der Waals surface area contributed by atoms with Crippen molar-refractivity contribution in [3.05, 3.63) is 0 Å². The standard InChI is InChI=1S/C11H22F3N3/c1-10(4-3-5-11(12,13)14)15-17-8-6-16(2)7-9-17/h10,15H,3-9H2,1-2H3. The number of hydrazine groups is 1. The van der Waals surface area contributed by atoms with Crippen LogP contribution in [0.15, 0.2) is 0 Å². The van der Waals surface area contributed by atoms with Crippen molar-refractivity contribution in [3.8, 4) is 0 Å². The van der Waals surface area contributed by atoms with Gasteiger partial charge in [0.2, 0.25) is 0 Å². The van der Waals surface area contributed by atoms with E-state index in [9.17, 15) is 13.2 Å². The lowest BCUT2D eigenvalue weighted by molar-refractivity contribution is -0.136. The second kappa shape index (κ2) is 6.56. The molecule has 1 atom stereocenters. The highest BCUT2D eigenvalue weighted by molar-refractivity contribution is 4.69. The van der Waals surface area contributed by atoms with Gasteiger partial charge in [-0.25, -0.2) is 5.01 Å². The minimum absolute atomic E-state index is 0.112. The summed E-state index contributed by atoms with van der Waals surface area (Å²) in [4.78, 5) is 2.24. The molecule has 1 aliphatic rings. The number of nitrogens with one attached hydrogen (secondary N) is 1. The van der Waals surface area contributed by atoms with Crippen LogP contribution in [0.2, 0.25) is 0 Å².